The van der Waals surface area contributed by atoms with E-state index in [1.165, 1.54) is 0 Å². The summed E-state index contributed by atoms with van der Waals surface area (Å²) in [6, 6.07) is 17.5. The summed E-state index contributed by atoms with van der Waals surface area (Å²) in [6.07, 6.45) is 1.58. The summed E-state index contributed by atoms with van der Waals surface area (Å²) in [4.78, 5) is 13.8. The van der Waals surface area contributed by atoms with E-state index in [0.717, 1.165) is 22.5 Å². The minimum Gasteiger partial charge on any atom is -0.488 e. The quantitative estimate of drug-likeness (QED) is 0.365. The number of halogens is 1. The molecule has 0 amide bonds. The van der Waals surface area contributed by atoms with Crippen LogP contribution in [0, 0.1) is 18.3 Å². The Balaban J connectivity index is 1.87. The van der Waals surface area contributed by atoms with Crippen molar-refractivity contribution in [1.82, 2.24) is 15.0 Å². The van der Waals surface area contributed by atoms with Crippen molar-refractivity contribution in [2.45, 2.75) is 39.7 Å². The van der Waals surface area contributed by atoms with Crippen molar-refractivity contribution in [3.05, 3.63) is 82.4 Å². The van der Waals surface area contributed by atoms with E-state index in [-0.39, 0.29) is 11.1 Å². The summed E-state index contributed by atoms with van der Waals surface area (Å²) in [7, 11) is 0. The van der Waals surface area contributed by atoms with E-state index in [1.807, 2.05) is 49.4 Å². The number of fused-ring (bicyclic) bond motifs is 1. The molecule has 0 radical (unpaired) electrons. The van der Waals surface area contributed by atoms with E-state index in [9.17, 15) is 5.26 Å². The van der Waals surface area contributed by atoms with Crippen molar-refractivity contribution in [2.75, 3.05) is 0 Å². The molecule has 1 aromatic carbocycles. The standard InChI is InChI=1S/C26H23ClN4O/c1-16-18(12-19(27)25(30-16)26(2,3)4)21-13-23(32-15-17-8-6-5-7-9-17)24-20(31-21)10-11-29-22(24)14-28/h5-13H,15H2,1-4H3. The van der Waals surface area contributed by atoms with Crippen molar-refractivity contribution in [1.29, 1.82) is 5.26 Å². The van der Waals surface area contributed by atoms with Gasteiger partial charge < -0.3 is 4.74 Å². The largest absolute Gasteiger partial charge is 0.488 e. The van der Waals surface area contributed by atoms with Crippen molar-refractivity contribution in [3.63, 3.8) is 0 Å². The lowest BCUT2D eigenvalue weighted by molar-refractivity contribution is 0.310. The number of pyridine rings is 3. The lowest BCUT2D eigenvalue weighted by Crippen LogP contribution is -2.15. The van der Waals surface area contributed by atoms with Crippen molar-refractivity contribution in [3.8, 4) is 23.1 Å². The van der Waals surface area contributed by atoms with Crippen molar-refractivity contribution >= 4 is 22.5 Å². The van der Waals surface area contributed by atoms with Crippen LogP contribution in [0.3, 0.4) is 0 Å². The molecule has 4 aromatic rings. The van der Waals surface area contributed by atoms with E-state index in [0.29, 0.717) is 34.0 Å². The normalized spacial score (nSPS) is 11.4. The summed E-state index contributed by atoms with van der Waals surface area (Å²) in [5, 5.41) is 10.8. The molecule has 0 fully saturated rings. The second-order valence-electron chi connectivity index (χ2n) is 8.65. The average Bonchev–Trinajstić information content (AvgIpc) is 2.78. The molecule has 32 heavy (non-hydrogen) atoms. The molecule has 0 spiro atoms. The first-order valence-electron chi connectivity index (χ1n) is 10.3. The van der Waals surface area contributed by atoms with E-state index in [4.69, 9.17) is 26.3 Å². The summed E-state index contributed by atoms with van der Waals surface area (Å²) in [5.74, 6) is 0.550. The number of hydrogen-bond acceptors (Lipinski definition) is 5. The van der Waals surface area contributed by atoms with Crippen LogP contribution in [-0.4, -0.2) is 15.0 Å². The van der Waals surface area contributed by atoms with Crippen molar-refractivity contribution in [2.24, 2.45) is 0 Å². The Kier molecular flexibility index (Phi) is 5.82. The molecule has 4 rings (SSSR count). The molecular formula is C26H23ClN4O. The monoisotopic (exact) mass is 442 g/mol. The smallest absolute Gasteiger partial charge is 0.153 e. The molecule has 5 nitrogen and oxygen atoms in total. The number of rotatable bonds is 4. The third-order valence-electron chi connectivity index (χ3n) is 5.18. The molecule has 0 aliphatic rings. The highest BCUT2D eigenvalue weighted by molar-refractivity contribution is 6.31. The van der Waals surface area contributed by atoms with Crippen LogP contribution in [-0.2, 0) is 12.0 Å². The molecule has 0 saturated heterocycles. The lowest BCUT2D eigenvalue weighted by Gasteiger charge is -2.21. The molecule has 0 bridgehead atoms. The van der Waals surface area contributed by atoms with Crippen molar-refractivity contribution < 1.29 is 4.74 Å². The fourth-order valence-corrected chi connectivity index (χ4v) is 4.02. The van der Waals surface area contributed by atoms with Gasteiger partial charge in [-0.3, -0.25) is 4.98 Å². The molecular weight excluding hydrogens is 420 g/mol. The predicted octanol–water partition coefficient (Wildman–Crippen LogP) is 6.40. The van der Waals surface area contributed by atoms with Crippen LogP contribution in [0.15, 0.2) is 54.7 Å². The zero-order valence-corrected chi connectivity index (χ0v) is 19.2. The summed E-state index contributed by atoms with van der Waals surface area (Å²) < 4.78 is 6.17. The number of ether oxygens (including phenoxy) is 1. The number of nitrogens with zero attached hydrogens (tertiary/aromatic N) is 4. The molecule has 0 unspecified atom stereocenters. The van der Waals surface area contributed by atoms with Gasteiger partial charge in [0.15, 0.2) is 5.69 Å². The molecule has 3 aromatic heterocycles. The van der Waals surface area contributed by atoms with Gasteiger partial charge in [0.25, 0.3) is 0 Å². The minimum atomic E-state index is -0.172. The van der Waals surface area contributed by atoms with Gasteiger partial charge in [-0.05, 0) is 24.6 Å². The average molecular weight is 443 g/mol. The third kappa shape index (κ3) is 4.28. The fourth-order valence-electron chi connectivity index (χ4n) is 3.58. The molecule has 160 valence electrons. The van der Waals surface area contributed by atoms with Crippen LogP contribution in [0.2, 0.25) is 5.02 Å². The second kappa shape index (κ2) is 8.57. The van der Waals surface area contributed by atoms with E-state index in [2.05, 4.69) is 31.8 Å². The maximum absolute atomic E-state index is 9.60. The Bertz CT molecular complexity index is 1340. The second-order valence-corrected chi connectivity index (χ2v) is 9.05. The number of hydrogen-bond donors (Lipinski definition) is 0. The molecule has 0 saturated carbocycles. The highest BCUT2D eigenvalue weighted by atomic mass is 35.5. The van der Waals surface area contributed by atoms with Gasteiger partial charge in [0.1, 0.15) is 18.4 Å². The molecule has 6 heteroatoms. The van der Waals surface area contributed by atoms with Crippen LogP contribution >= 0.6 is 11.6 Å². The zero-order chi connectivity index (χ0) is 22.9. The van der Waals surface area contributed by atoms with Gasteiger partial charge >= 0.3 is 0 Å². The number of aromatic nitrogens is 3. The van der Waals surface area contributed by atoms with E-state index < -0.39 is 0 Å². The zero-order valence-electron chi connectivity index (χ0n) is 18.5. The van der Waals surface area contributed by atoms with Gasteiger partial charge in [0.05, 0.1) is 27.3 Å². The Labute approximate surface area is 192 Å². The fraction of sp³-hybridized carbons (Fsp3) is 0.231. The van der Waals surface area contributed by atoms with E-state index >= 15 is 0 Å². The summed E-state index contributed by atoms with van der Waals surface area (Å²) >= 11 is 6.61. The summed E-state index contributed by atoms with van der Waals surface area (Å²) in [6.45, 7) is 8.56. The summed E-state index contributed by atoms with van der Waals surface area (Å²) in [5.41, 5.74) is 4.94. The number of nitriles is 1. The molecule has 0 aliphatic carbocycles. The first kappa shape index (κ1) is 21.7. The van der Waals surface area contributed by atoms with Gasteiger partial charge in [-0.2, -0.15) is 5.26 Å². The van der Waals surface area contributed by atoms with Crippen LogP contribution in [0.4, 0.5) is 0 Å². The highest BCUT2D eigenvalue weighted by Crippen LogP contribution is 2.36. The first-order valence-corrected chi connectivity index (χ1v) is 10.7. The highest BCUT2D eigenvalue weighted by Gasteiger charge is 2.22. The minimum absolute atomic E-state index is 0.172. The maximum Gasteiger partial charge on any atom is 0.153 e. The van der Waals surface area contributed by atoms with E-state index in [1.54, 1.807) is 12.3 Å². The number of benzene rings is 1. The third-order valence-corrected chi connectivity index (χ3v) is 5.47. The van der Waals surface area contributed by atoms with Gasteiger partial charge in [-0.15, -0.1) is 0 Å². The molecule has 3 heterocycles. The van der Waals surface area contributed by atoms with Crippen LogP contribution in [0.25, 0.3) is 22.2 Å². The molecule has 0 aliphatic heterocycles. The van der Waals surface area contributed by atoms with Gasteiger partial charge in [-0.25, -0.2) is 9.97 Å². The van der Waals surface area contributed by atoms with Crippen LogP contribution in [0.5, 0.6) is 5.75 Å². The van der Waals surface area contributed by atoms with Gasteiger partial charge in [-0.1, -0.05) is 62.7 Å². The topological polar surface area (TPSA) is 71.7 Å². The van der Waals surface area contributed by atoms with Crippen LogP contribution < -0.4 is 4.74 Å². The first-order chi connectivity index (χ1) is 15.3. The Morgan fingerprint density at radius 1 is 1.06 bits per heavy atom. The van der Waals surface area contributed by atoms with Gasteiger partial charge in [0, 0.05) is 28.9 Å². The maximum atomic E-state index is 9.60. The predicted molar refractivity (Wildman–Crippen MR) is 127 cm³/mol. The Morgan fingerprint density at radius 3 is 2.50 bits per heavy atom. The van der Waals surface area contributed by atoms with Crippen LogP contribution in [0.1, 0.15) is 43.4 Å². The molecule has 0 atom stereocenters. The molecule has 0 N–H and O–H groups in total. The number of aryl methyl sites for hydroxylation is 1. The van der Waals surface area contributed by atoms with Gasteiger partial charge in [0.2, 0.25) is 0 Å². The lowest BCUT2D eigenvalue weighted by atomic mass is 9.90. The Morgan fingerprint density at radius 2 is 1.81 bits per heavy atom. The SMILES string of the molecule is Cc1nc(C(C)(C)C)c(Cl)cc1-c1cc(OCc2ccccc2)c2c(C#N)nccc2n1. The Hall–Kier alpha value is -3.49.